The van der Waals surface area contributed by atoms with Gasteiger partial charge >= 0.3 is 0 Å². The molecule has 228 valence electrons. The molecule has 0 heterocycles. The Balaban J connectivity index is 1.91. The van der Waals surface area contributed by atoms with Gasteiger partial charge in [0.05, 0.1) is 17.3 Å². The lowest BCUT2D eigenvalue weighted by Gasteiger charge is -2.51. The van der Waals surface area contributed by atoms with Crippen molar-refractivity contribution in [2.45, 2.75) is 70.9 Å². The van der Waals surface area contributed by atoms with E-state index >= 15 is 4.39 Å². The van der Waals surface area contributed by atoms with Gasteiger partial charge in [-0.2, -0.15) is 0 Å². The Hall–Kier alpha value is -3.77. The van der Waals surface area contributed by atoms with Crippen molar-refractivity contribution >= 4 is 34.8 Å². The standard InChI is InChI=1S/C30H38FN3O8/c1-7-12-13-10-14-22(34(5)6)25(38)21(28(32)41)27(40)30(14,42)26(39)19(13)24(37)20-18(12)15(31)11-16(23(20)36)33-17(35)8-9-29(2,3)4/h11-14,22,36-37,40,42H,7-10H2,1-6H3,(H2,32,41)(H,33,35)/t12-,13-,14+,22+,30+/m1/s1. The number of anilines is 1. The van der Waals surface area contributed by atoms with Crippen molar-refractivity contribution in [2.24, 2.45) is 23.0 Å². The van der Waals surface area contributed by atoms with E-state index in [4.69, 9.17) is 5.73 Å². The fraction of sp³-hybridized carbons (Fsp3) is 0.533. The van der Waals surface area contributed by atoms with Gasteiger partial charge in [0.15, 0.2) is 17.1 Å². The Morgan fingerprint density at radius 3 is 2.33 bits per heavy atom. The number of phenols is 1. The molecule has 0 unspecified atom stereocenters. The normalized spacial score (nSPS) is 27.5. The number of hydrogen-bond acceptors (Lipinski definition) is 9. The number of nitrogens with two attached hydrogens (primary N) is 1. The number of nitrogens with zero attached hydrogens (tertiary/aromatic N) is 1. The molecule has 7 N–H and O–H groups in total. The highest BCUT2D eigenvalue weighted by molar-refractivity contribution is 6.24. The molecule has 11 nitrogen and oxygen atoms in total. The molecular weight excluding hydrogens is 549 g/mol. The first-order valence-corrected chi connectivity index (χ1v) is 13.9. The van der Waals surface area contributed by atoms with Gasteiger partial charge in [-0.3, -0.25) is 24.1 Å². The molecule has 1 fully saturated rings. The second-order valence-corrected chi connectivity index (χ2v) is 12.8. The average molecular weight is 588 g/mol. The fourth-order valence-electron chi connectivity index (χ4n) is 6.74. The zero-order valence-electron chi connectivity index (χ0n) is 24.5. The lowest BCUT2D eigenvalue weighted by atomic mass is 9.55. The number of carbonyl (C=O) groups excluding carboxylic acids is 4. The van der Waals surface area contributed by atoms with Crippen LogP contribution in [0.15, 0.2) is 23.0 Å². The van der Waals surface area contributed by atoms with Crippen molar-refractivity contribution in [3.05, 3.63) is 39.9 Å². The number of likely N-dealkylation sites (N-methyl/N-ethyl adjacent to an activating group) is 1. The molecule has 0 saturated heterocycles. The maximum absolute atomic E-state index is 15.8. The summed E-state index contributed by atoms with van der Waals surface area (Å²) in [5, 5.41) is 47.9. The van der Waals surface area contributed by atoms with Crippen LogP contribution in [-0.4, -0.2) is 74.4 Å². The first-order chi connectivity index (χ1) is 19.4. The zero-order valence-corrected chi connectivity index (χ0v) is 24.5. The van der Waals surface area contributed by atoms with Gasteiger partial charge in [0, 0.05) is 29.5 Å². The van der Waals surface area contributed by atoms with Crippen molar-refractivity contribution in [3.8, 4) is 5.75 Å². The van der Waals surface area contributed by atoms with E-state index < -0.39 is 87.0 Å². The van der Waals surface area contributed by atoms with Crippen molar-refractivity contribution in [1.82, 2.24) is 4.90 Å². The number of aromatic hydroxyl groups is 1. The van der Waals surface area contributed by atoms with Crippen LogP contribution in [0.25, 0.3) is 5.76 Å². The maximum atomic E-state index is 15.8. The highest BCUT2D eigenvalue weighted by Crippen LogP contribution is 2.58. The van der Waals surface area contributed by atoms with Crippen LogP contribution in [-0.2, 0) is 19.2 Å². The van der Waals surface area contributed by atoms with Crippen LogP contribution in [0.5, 0.6) is 5.75 Å². The van der Waals surface area contributed by atoms with Crippen LogP contribution >= 0.6 is 0 Å². The number of phenolic OH excluding ortho intramolecular Hbond substituents is 1. The van der Waals surface area contributed by atoms with E-state index in [-0.39, 0.29) is 41.5 Å². The lowest BCUT2D eigenvalue weighted by Crippen LogP contribution is -2.66. The number of Topliss-reactive ketones (excluding diaryl/α,β-unsaturated/α-hetero) is 2. The minimum atomic E-state index is -2.81. The SMILES string of the molecule is CC[C@H]1c2c(F)cc(NC(=O)CCC(C)(C)C)c(O)c2C(O)=C2C(=O)[C@]3(O)C(O)=C(C(N)=O)C(=O)[C@@H](N(C)C)[C@@H]3C[C@@H]21. The van der Waals surface area contributed by atoms with Crippen molar-refractivity contribution in [3.63, 3.8) is 0 Å². The zero-order chi connectivity index (χ0) is 31.6. The van der Waals surface area contributed by atoms with Gasteiger partial charge in [-0.15, -0.1) is 0 Å². The van der Waals surface area contributed by atoms with Gasteiger partial charge < -0.3 is 31.5 Å². The number of amides is 2. The van der Waals surface area contributed by atoms with Crippen molar-refractivity contribution in [2.75, 3.05) is 19.4 Å². The van der Waals surface area contributed by atoms with Gasteiger partial charge in [0.25, 0.3) is 5.91 Å². The maximum Gasteiger partial charge on any atom is 0.255 e. The van der Waals surface area contributed by atoms with Crippen LogP contribution in [0, 0.1) is 23.1 Å². The third-order valence-corrected chi connectivity index (χ3v) is 8.76. The predicted octanol–water partition coefficient (Wildman–Crippen LogP) is 2.82. The highest BCUT2D eigenvalue weighted by Gasteiger charge is 2.65. The van der Waals surface area contributed by atoms with E-state index in [2.05, 4.69) is 5.32 Å². The van der Waals surface area contributed by atoms with E-state index in [1.165, 1.54) is 19.0 Å². The molecule has 12 heteroatoms. The summed E-state index contributed by atoms with van der Waals surface area (Å²) < 4.78 is 15.8. The Labute approximate surface area is 242 Å². The largest absolute Gasteiger partial charge is 0.508 e. The molecule has 0 aromatic heterocycles. The molecule has 42 heavy (non-hydrogen) atoms. The molecule has 0 aliphatic heterocycles. The number of halogens is 1. The molecule has 4 rings (SSSR count). The van der Waals surface area contributed by atoms with E-state index in [0.29, 0.717) is 6.42 Å². The molecule has 0 radical (unpaired) electrons. The minimum absolute atomic E-state index is 0.0756. The summed E-state index contributed by atoms with van der Waals surface area (Å²) in [5.41, 5.74) is 0.283. The number of ketones is 2. The van der Waals surface area contributed by atoms with Crippen LogP contribution in [0.4, 0.5) is 10.1 Å². The number of aliphatic hydroxyl groups excluding tert-OH is 2. The monoisotopic (exact) mass is 587 g/mol. The quantitative estimate of drug-likeness (QED) is 0.215. The molecule has 1 aromatic carbocycles. The fourth-order valence-corrected chi connectivity index (χ4v) is 6.74. The van der Waals surface area contributed by atoms with Crippen LogP contribution in [0.1, 0.15) is 70.4 Å². The Morgan fingerprint density at radius 1 is 1.19 bits per heavy atom. The molecule has 1 saturated carbocycles. The molecular formula is C30H38FN3O8. The summed E-state index contributed by atoms with van der Waals surface area (Å²) in [5.74, 6) is -10.4. The first-order valence-electron chi connectivity index (χ1n) is 13.9. The third kappa shape index (κ3) is 4.66. The molecule has 3 aliphatic carbocycles. The number of fused-ring (bicyclic) bond motifs is 3. The molecule has 3 aliphatic rings. The average Bonchev–Trinajstić information content (AvgIpc) is 2.87. The van der Waals surface area contributed by atoms with E-state index in [1.54, 1.807) is 6.92 Å². The van der Waals surface area contributed by atoms with Gasteiger partial charge in [0.1, 0.15) is 22.9 Å². The summed E-state index contributed by atoms with van der Waals surface area (Å²) in [6, 6.07) is -0.283. The summed E-state index contributed by atoms with van der Waals surface area (Å²) in [6.45, 7) is 7.56. The molecule has 1 aromatic rings. The molecule has 0 spiro atoms. The smallest absolute Gasteiger partial charge is 0.255 e. The summed E-state index contributed by atoms with van der Waals surface area (Å²) >= 11 is 0. The summed E-state index contributed by atoms with van der Waals surface area (Å²) in [7, 11) is 3.00. The molecule has 0 bridgehead atoms. The predicted molar refractivity (Wildman–Crippen MR) is 151 cm³/mol. The molecule has 5 atom stereocenters. The third-order valence-electron chi connectivity index (χ3n) is 8.76. The summed E-state index contributed by atoms with van der Waals surface area (Å²) in [6.07, 6.45) is 0.670. The summed E-state index contributed by atoms with van der Waals surface area (Å²) in [4.78, 5) is 53.5. The number of rotatable bonds is 6. The van der Waals surface area contributed by atoms with E-state index in [1.807, 2.05) is 20.8 Å². The second kappa shape index (κ2) is 10.5. The van der Waals surface area contributed by atoms with Crippen LogP contribution < -0.4 is 11.1 Å². The number of nitrogens with one attached hydrogen (secondary N) is 1. The second-order valence-electron chi connectivity index (χ2n) is 12.8. The van der Waals surface area contributed by atoms with Crippen molar-refractivity contribution < 1.29 is 44.0 Å². The molecule has 2 amide bonds. The van der Waals surface area contributed by atoms with Crippen LogP contribution in [0.2, 0.25) is 0 Å². The van der Waals surface area contributed by atoms with Gasteiger partial charge in [-0.1, -0.05) is 27.7 Å². The lowest BCUT2D eigenvalue weighted by molar-refractivity contribution is -0.154. The Kier molecular flexibility index (Phi) is 7.79. The number of benzene rings is 1. The van der Waals surface area contributed by atoms with E-state index in [0.717, 1.165) is 6.07 Å². The Morgan fingerprint density at radius 2 is 1.81 bits per heavy atom. The highest BCUT2D eigenvalue weighted by atomic mass is 19.1. The topological polar surface area (TPSA) is 190 Å². The van der Waals surface area contributed by atoms with Gasteiger partial charge in [-0.05, 0) is 50.6 Å². The van der Waals surface area contributed by atoms with E-state index in [9.17, 15) is 39.6 Å². The van der Waals surface area contributed by atoms with Gasteiger partial charge in [-0.25, -0.2) is 4.39 Å². The number of aliphatic hydroxyl groups is 3. The number of carbonyl (C=O) groups is 4. The first kappa shape index (κ1) is 31.2. The van der Waals surface area contributed by atoms with Gasteiger partial charge in [0.2, 0.25) is 11.7 Å². The van der Waals surface area contributed by atoms with Crippen molar-refractivity contribution in [1.29, 1.82) is 0 Å². The Bertz CT molecular complexity index is 1460. The van der Waals surface area contributed by atoms with Crippen LogP contribution in [0.3, 0.4) is 0 Å². The number of hydrogen-bond donors (Lipinski definition) is 6. The minimum Gasteiger partial charge on any atom is -0.508 e. The number of primary amides is 1.